The summed E-state index contributed by atoms with van der Waals surface area (Å²) < 4.78 is 38.2. The summed E-state index contributed by atoms with van der Waals surface area (Å²) in [4.78, 5) is 26.2. The molecule has 170 valence electrons. The fraction of sp³-hybridized carbons (Fsp3) is 0.364. The van der Waals surface area contributed by atoms with E-state index in [0.717, 1.165) is 11.3 Å². The number of benzene rings is 2. The number of amides is 2. The molecule has 0 saturated carbocycles. The van der Waals surface area contributed by atoms with Gasteiger partial charge in [0.05, 0.1) is 24.1 Å². The van der Waals surface area contributed by atoms with Crippen molar-refractivity contribution in [3.05, 3.63) is 48.0 Å². The fourth-order valence-electron chi connectivity index (χ4n) is 3.71. The van der Waals surface area contributed by atoms with Gasteiger partial charge in [0.2, 0.25) is 15.9 Å². The van der Waals surface area contributed by atoms with Crippen molar-refractivity contribution < 1.29 is 27.5 Å². The number of anilines is 1. The third-order valence-electron chi connectivity index (χ3n) is 5.63. The van der Waals surface area contributed by atoms with Crippen molar-refractivity contribution in [3.8, 4) is 11.5 Å². The van der Waals surface area contributed by atoms with E-state index < -0.39 is 16.1 Å². The first-order valence-corrected chi connectivity index (χ1v) is 11.7. The van der Waals surface area contributed by atoms with Gasteiger partial charge in [-0.2, -0.15) is 4.31 Å². The molecule has 10 heteroatoms. The van der Waals surface area contributed by atoms with Crippen molar-refractivity contribution in [2.75, 3.05) is 38.6 Å². The predicted octanol–water partition coefficient (Wildman–Crippen LogP) is 1.49. The molecule has 0 radical (unpaired) electrons. The quantitative estimate of drug-likeness (QED) is 0.726. The van der Waals surface area contributed by atoms with Crippen molar-refractivity contribution >= 4 is 27.5 Å². The van der Waals surface area contributed by atoms with Gasteiger partial charge in [-0.1, -0.05) is 12.1 Å². The summed E-state index contributed by atoms with van der Waals surface area (Å²) in [6.45, 7) is 2.66. The molecular formula is C22H25N3O6S. The monoisotopic (exact) mass is 459 g/mol. The van der Waals surface area contributed by atoms with Crippen LogP contribution in [0.15, 0.2) is 47.4 Å². The lowest BCUT2D eigenvalue weighted by molar-refractivity contribution is -0.131. The summed E-state index contributed by atoms with van der Waals surface area (Å²) in [5.74, 6) is 0.791. The second-order valence-corrected chi connectivity index (χ2v) is 9.65. The Morgan fingerprint density at radius 2 is 1.81 bits per heavy atom. The molecule has 1 saturated heterocycles. The van der Waals surface area contributed by atoms with Gasteiger partial charge in [-0.05, 0) is 42.8 Å². The van der Waals surface area contributed by atoms with Crippen LogP contribution in [0.5, 0.6) is 11.5 Å². The van der Waals surface area contributed by atoms with Crippen molar-refractivity contribution in [1.29, 1.82) is 0 Å². The van der Waals surface area contributed by atoms with E-state index in [2.05, 4.69) is 5.32 Å². The minimum atomic E-state index is -3.77. The summed E-state index contributed by atoms with van der Waals surface area (Å²) in [5, 5.41) is 2.67. The average Bonchev–Trinajstić information content (AvgIpc) is 2.80. The van der Waals surface area contributed by atoms with E-state index in [9.17, 15) is 18.0 Å². The van der Waals surface area contributed by atoms with E-state index in [0.29, 0.717) is 24.5 Å². The summed E-state index contributed by atoms with van der Waals surface area (Å²) in [7, 11) is -2.18. The topological polar surface area (TPSA) is 105 Å². The van der Waals surface area contributed by atoms with E-state index in [1.165, 1.54) is 16.4 Å². The van der Waals surface area contributed by atoms with E-state index in [1.54, 1.807) is 37.1 Å². The number of carbonyl (C=O) groups excluding carboxylic acids is 2. The molecule has 1 atom stereocenters. The number of hydrogen-bond acceptors (Lipinski definition) is 6. The lowest BCUT2D eigenvalue weighted by atomic mass is 10.1. The van der Waals surface area contributed by atoms with E-state index in [1.807, 2.05) is 12.1 Å². The van der Waals surface area contributed by atoms with Crippen LogP contribution >= 0.6 is 0 Å². The zero-order chi connectivity index (χ0) is 22.9. The molecule has 1 unspecified atom stereocenters. The molecule has 2 amide bonds. The van der Waals surface area contributed by atoms with Gasteiger partial charge < -0.3 is 19.7 Å². The number of fused-ring (bicyclic) bond motifs is 1. The number of carbonyl (C=O) groups is 2. The molecule has 32 heavy (non-hydrogen) atoms. The van der Waals surface area contributed by atoms with Crippen molar-refractivity contribution in [3.63, 3.8) is 0 Å². The third-order valence-corrected chi connectivity index (χ3v) is 7.52. The van der Waals surface area contributed by atoms with Crippen LogP contribution in [0.3, 0.4) is 0 Å². The number of piperazine rings is 1. The van der Waals surface area contributed by atoms with Crippen LogP contribution in [-0.2, 0) is 26.0 Å². The highest BCUT2D eigenvalue weighted by atomic mass is 32.2. The Bertz CT molecular complexity index is 1120. The number of nitrogens with zero attached hydrogens (tertiary/aromatic N) is 2. The number of sulfonamides is 1. The fourth-order valence-corrected chi connectivity index (χ4v) is 5.15. The summed E-state index contributed by atoms with van der Waals surface area (Å²) in [6, 6.07) is 11.7. The van der Waals surface area contributed by atoms with Crippen LogP contribution in [0.2, 0.25) is 0 Å². The Kier molecular flexibility index (Phi) is 6.07. The highest BCUT2D eigenvalue weighted by Crippen LogP contribution is 2.33. The predicted molar refractivity (Wildman–Crippen MR) is 117 cm³/mol. The second kappa shape index (κ2) is 8.79. The highest BCUT2D eigenvalue weighted by molar-refractivity contribution is 7.89. The molecule has 2 aliphatic heterocycles. The van der Waals surface area contributed by atoms with Crippen molar-refractivity contribution in [2.24, 2.45) is 0 Å². The molecule has 2 heterocycles. The first kappa shape index (κ1) is 22.1. The van der Waals surface area contributed by atoms with Gasteiger partial charge in [-0.3, -0.25) is 9.59 Å². The molecule has 1 fully saturated rings. The maximum absolute atomic E-state index is 13.1. The average molecular weight is 460 g/mol. The lowest BCUT2D eigenvalue weighted by Gasteiger charge is -2.34. The zero-order valence-electron chi connectivity index (χ0n) is 17.9. The molecule has 0 spiro atoms. The summed E-state index contributed by atoms with van der Waals surface area (Å²) in [5.41, 5.74) is 1.21. The van der Waals surface area contributed by atoms with E-state index in [4.69, 9.17) is 9.47 Å². The van der Waals surface area contributed by atoms with Crippen LogP contribution < -0.4 is 14.8 Å². The third kappa shape index (κ3) is 4.42. The van der Waals surface area contributed by atoms with Gasteiger partial charge >= 0.3 is 0 Å². The molecule has 1 N–H and O–H groups in total. The number of methoxy groups -OCH3 is 1. The maximum Gasteiger partial charge on any atom is 0.265 e. The summed E-state index contributed by atoms with van der Waals surface area (Å²) in [6.07, 6.45) is -0.381. The van der Waals surface area contributed by atoms with Gasteiger partial charge in [-0.25, -0.2) is 8.42 Å². The van der Waals surface area contributed by atoms with Crippen LogP contribution in [0.4, 0.5) is 5.69 Å². The number of rotatable bonds is 5. The molecule has 2 aromatic rings. The Hall–Kier alpha value is -3.11. The highest BCUT2D eigenvalue weighted by Gasteiger charge is 2.32. The molecule has 2 aromatic carbocycles. The molecule has 9 nitrogen and oxygen atoms in total. The van der Waals surface area contributed by atoms with Gasteiger partial charge in [0, 0.05) is 26.2 Å². The number of nitrogens with one attached hydrogen (secondary N) is 1. The number of hydrogen-bond donors (Lipinski definition) is 1. The van der Waals surface area contributed by atoms with Crippen molar-refractivity contribution in [2.45, 2.75) is 24.3 Å². The van der Waals surface area contributed by atoms with Crippen LogP contribution in [0.1, 0.15) is 12.5 Å². The molecule has 2 aliphatic rings. The number of ether oxygens (including phenoxy) is 2. The molecule has 0 aromatic heterocycles. The van der Waals surface area contributed by atoms with Gasteiger partial charge in [0.25, 0.3) is 5.91 Å². The van der Waals surface area contributed by atoms with E-state index in [-0.39, 0.29) is 36.2 Å². The van der Waals surface area contributed by atoms with Crippen molar-refractivity contribution in [1.82, 2.24) is 9.21 Å². The summed E-state index contributed by atoms with van der Waals surface area (Å²) >= 11 is 0. The maximum atomic E-state index is 13.1. The van der Waals surface area contributed by atoms with E-state index >= 15 is 0 Å². The first-order valence-electron chi connectivity index (χ1n) is 10.3. The van der Waals surface area contributed by atoms with Gasteiger partial charge in [-0.15, -0.1) is 0 Å². The first-order chi connectivity index (χ1) is 15.3. The molecular weight excluding hydrogens is 434 g/mol. The molecule has 0 bridgehead atoms. The Morgan fingerprint density at radius 3 is 2.47 bits per heavy atom. The minimum Gasteiger partial charge on any atom is -0.497 e. The Morgan fingerprint density at radius 1 is 1.12 bits per heavy atom. The Balaban J connectivity index is 1.39. The van der Waals surface area contributed by atoms with Gasteiger partial charge in [0.15, 0.2) is 6.10 Å². The second-order valence-electron chi connectivity index (χ2n) is 7.72. The largest absolute Gasteiger partial charge is 0.497 e. The minimum absolute atomic E-state index is 0.0463. The molecule has 0 aliphatic carbocycles. The lowest BCUT2D eigenvalue weighted by Crippen LogP contribution is -2.50. The smallest absolute Gasteiger partial charge is 0.265 e. The molecule has 4 rings (SSSR count). The SMILES string of the molecule is COc1ccc(CC(=O)N2CCN(S(=O)(=O)c3ccc4c(c3)NC(=O)C(C)O4)CC2)cc1. The zero-order valence-corrected chi connectivity index (χ0v) is 18.7. The Labute approximate surface area is 187 Å². The van der Waals surface area contributed by atoms with Gasteiger partial charge in [0.1, 0.15) is 11.5 Å². The standard InChI is InChI=1S/C22H25N3O6S/c1-15-22(27)23-19-14-18(7-8-20(19)31-15)32(28,29)25-11-9-24(10-12-25)21(26)13-16-3-5-17(30-2)6-4-16/h3-8,14-15H,9-13H2,1-2H3,(H,23,27). The van der Waals surface area contributed by atoms with Crippen LogP contribution in [-0.4, -0.2) is 68.8 Å². The normalized spacial score (nSPS) is 19.0. The van der Waals surface area contributed by atoms with Crippen LogP contribution in [0.25, 0.3) is 0 Å². The van der Waals surface area contributed by atoms with Crippen LogP contribution in [0, 0.1) is 0 Å².